The van der Waals surface area contributed by atoms with Crippen molar-refractivity contribution in [3.63, 3.8) is 0 Å². The van der Waals surface area contributed by atoms with E-state index in [0.717, 1.165) is 5.69 Å². The van der Waals surface area contributed by atoms with Gasteiger partial charge in [-0.1, -0.05) is 12.1 Å². The van der Waals surface area contributed by atoms with Crippen LogP contribution >= 0.6 is 0 Å². The molecular weight excluding hydrogens is 260 g/mol. The first-order valence-electron chi connectivity index (χ1n) is 6.12. The number of amides is 1. The number of carbonyl (C=O) groups excluding carboxylic acids is 1. The average Bonchev–Trinajstić information content (AvgIpc) is 2.92. The summed E-state index contributed by atoms with van der Waals surface area (Å²) in [6.07, 6.45) is 4.08. The molecule has 0 aliphatic heterocycles. The van der Waals surface area contributed by atoms with Gasteiger partial charge in [-0.2, -0.15) is 0 Å². The van der Waals surface area contributed by atoms with Crippen LogP contribution in [0.4, 0.5) is 5.69 Å². The third-order valence-corrected chi connectivity index (χ3v) is 2.76. The Morgan fingerprint density at radius 1 is 1.45 bits per heavy atom. The van der Waals surface area contributed by atoms with E-state index in [-0.39, 0.29) is 18.0 Å². The zero-order valence-electron chi connectivity index (χ0n) is 10.7. The van der Waals surface area contributed by atoms with Crippen LogP contribution in [0.25, 0.3) is 0 Å². The Morgan fingerprint density at radius 3 is 3.00 bits per heavy atom. The van der Waals surface area contributed by atoms with Crippen molar-refractivity contribution in [3.05, 3.63) is 58.2 Å². The first-order chi connectivity index (χ1) is 9.65. The number of nitro groups is 1. The summed E-state index contributed by atoms with van der Waals surface area (Å²) < 4.78 is 0. The maximum absolute atomic E-state index is 11.7. The molecule has 104 valence electrons. The third-order valence-electron chi connectivity index (χ3n) is 2.76. The number of hydrogen-bond acceptors (Lipinski definition) is 4. The molecule has 0 saturated heterocycles. The summed E-state index contributed by atoms with van der Waals surface area (Å²) in [6, 6.07) is 6.08. The molecule has 0 aliphatic carbocycles. The summed E-state index contributed by atoms with van der Waals surface area (Å²) in [6.45, 7) is 0.496. The normalized spacial score (nSPS) is 10.2. The monoisotopic (exact) mass is 274 g/mol. The zero-order chi connectivity index (χ0) is 14.4. The lowest BCUT2D eigenvalue weighted by atomic mass is 10.1. The van der Waals surface area contributed by atoms with Crippen LogP contribution in [0.2, 0.25) is 0 Å². The molecule has 0 bridgehead atoms. The Kier molecular flexibility index (Phi) is 4.43. The zero-order valence-corrected chi connectivity index (χ0v) is 10.7. The fraction of sp³-hybridized carbons (Fsp3) is 0.231. The highest BCUT2D eigenvalue weighted by molar-refractivity contribution is 5.78. The number of hydrogen-bond donors (Lipinski definition) is 2. The number of carbonyl (C=O) groups is 1. The lowest BCUT2D eigenvalue weighted by molar-refractivity contribution is -0.384. The molecule has 0 aliphatic rings. The largest absolute Gasteiger partial charge is 0.355 e. The lowest BCUT2D eigenvalue weighted by Crippen LogP contribution is -2.27. The Morgan fingerprint density at radius 2 is 2.30 bits per heavy atom. The van der Waals surface area contributed by atoms with E-state index >= 15 is 0 Å². The minimum Gasteiger partial charge on any atom is -0.355 e. The molecule has 2 N–H and O–H groups in total. The molecule has 0 spiro atoms. The van der Waals surface area contributed by atoms with Crippen molar-refractivity contribution in [2.45, 2.75) is 12.8 Å². The van der Waals surface area contributed by atoms with Crippen molar-refractivity contribution in [3.8, 4) is 0 Å². The van der Waals surface area contributed by atoms with E-state index in [4.69, 9.17) is 0 Å². The van der Waals surface area contributed by atoms with Gasteiger partial charge in [0.2, 0.25) is 5.91 Å². The van der Waals surface area contributed by atoms with E-state index in [0.29, 0.717) is 18.5 Å². The number of aromatic nitrogens is 2. The van der Waals surface area contributed by atoms with Crippen LogP contribution in [0.1, 0.15) is 11.3 Å². The maximum atomic E-state index is 11.7. The highest BCUT2D eigenvalue weighted by atomic mass is 16.6. The number of imidazole rings is 1. The second-order valence-electron chi connectivity index (χ2n) is 4.28. The molecule has 0 fully saturated rings. The Bertz CT molecular complexity index is 595. The van der Waals surface area contributed by atoms with Crippen molar-refractivity contribution < 1.29 is 9.72 Å². The maximum Gasteiger partial charge on any atom is 0.269 e. The minimum atomic E-state index is -0.473. The smallest absolute Gasteiger partial charge is 0.269 e. The third kappa shape index (κ3) is 3.91. The Hall–Kier alpha value is -2.70. The standard InChI is InChI=1S/C13H14N4O3/c18-13(15-5-4-11-8-14-9-16-11)7-10-2-1-3-12(6-10)17(19)20/h1-3,6,8-9H,4-5,7H2,(H,14,16)(H,15,18). The molecule has 2 rings (SSSR count). The fourth-order valence-electron chi connectivity index (χ4n) is 1.79. The average molecular weight is 274 g/mol. The van der Waals surface area contributed by atoms with Crippen LogP contribution in [0.5, 0.6) is 0 Å². The van der Waals surface area contributed by atoms with E-state index in [2.05, 4.69) is 15.3 Å². The highest BCUT2D eigenvalue weighted by Gasteiger charge is 2.08. The van der Waals surface area contributed by atoms with E-state index < -0.39 is 4.92 Å². The number of nitrogens with zero attached hydrogens (tertiary/aromatic N) is 2. The molecule has 2 aromatic rings. The minimum absolute atomic E-state index is 0.00670. The van der Waals surface area contributed by atoms with Gasteiger partial charge in [-0.15, -0.1) is 0 Å². The molecule has 7 nitrogen and oxygen atoms in total. The SMILES string of the molecule is O=C(Cc1cccc([N+](=O)[O-])c1)NCCc1cnc[nH]1. The molecule has 7 heteroatoms. The predicted octanol–water partition coefficient (Wildman–Crippen LogP) is 1.22. The van der Waals surface area contributed by atoms with Crippen molar-refractivity contribution in [2.24, 2.45) is 0 Å². The van der Waals surface area contributed by atoms with Crippen molar-refractivity contribution >= 4 is 11.6 Å². The van der Waals surface area contributed by atoms with Gasteiger partial charge in [0.1, 0.15) is 0 Å². The van der Waals surface area contributed by atoms with Gasteiger partial charge in [-0.05, 0) is 5.56 Å². The van der Waals surface area contributed by atoms with Gasteiger partial charge < -0.3 is 10.3 Å². The summed E-state index contributed by atoms with van der Waals surface area (Å²) in [7, 11) is 0. The molecule has 0 saturated carbocycles. The second kappa shape index (κ2) is 6.46. The summed E-state index contributed by atoms with van der Waals surface area (Å²) in [5.41, 5.74) is 1.56. The quantitative estimate of drug-likeness (QED) is 0.610. The first kappa shape index (κ1) is 13.7. The highest BCUT2D eigenvalue weighted by Crippen LogP contribution is 2.13. The van der Waals surface area contributed by atoms with Crippen molar-refractivity contribution in [2.75, 3.05) is 6.54 Å². The van der Waals surface area contributed by atoms with Gasteiger partial charge in [0.25, 0.3) is 5.69 Å². The summed E-state index contributed by atoms with van der Waals surface area (Å²) in [4.78, 5) is 28.7. The Balaban J connectivity index is 1.82. The number of non-ortho nitro benzene ring substituents is 1. The second-order valence-corrected chi connectivity index (χ2v) is 4.28. The molecule has 0 unspecified atom stereocenters. The molecule has 1 heterocycles. The van der Waals surface area contributed by atoms with Gasteiger partial charge >= 0.3 is 0 Å². The van der Waals surface area contributed by atoms with E-state index in [1.54, 1.807) is 24.7 Å². The molecule has 1 aromatic heterocycles. The van der Waals surface area contributed by atoms with Crippen LogP contribution in [-0.4, -0.2) is 27.3 Å². The predicted molar refractivity (Wildman–Crippen MR) is 72.1 cm³/mol. The summed E-state index contributed by atoms with van der Waals surface area (Å²) in [5.74, 6) is -0.162. The van der Waals surface area contributed by atoms with Crippen molar-refractivity contribution in [1.29, 1.82) is 0 Å². The summed E-state index contributed by atoms with van der Waals surface area (Å²) in [5, 5.41) is 13.4. The van der Waals surface area contributed by atoms with E-state index in [9.17, 15) is 14.9 Å². The number of H-pyrrole nitrogens is 1. The van der Waals surface area contributed by atoms with Crippen LogP contribution in [0, 0.1) is 10.1 Å². The first-order valence-corrected chi connectivity index (χ1v) is 6.12. The topological polar surface area (TPSA) is 101 Å². The number of rotatable bonds is 6. The molecule has 1 amide bonds. The van der Waals surface area contributed by atoms with Crippen molar-refractivity contribution in [1.82, 2.24) is 15.3 Å². The summed E-state index contributed by atoms with van der Waals surface area (Å²) >= 11 is 0. The van der Waals surface area contributed by atoms with Gasteiger partial charge in [0.05, 0.1) is 17.7 Å². The molecule has 1 aromatic carbocycles. The molecule has 20 heavy (non-hydrogen) atoms. The number of benzene rings is 1. The van der Waals surface area contributed by atoms with Crippen LogP contribution in [0.15, 0.2) is 36.8 Å². The van der Waals surface area contributed by atoms with Crippen LogP contribution in [-0.2, 0) is 17.6 Å². The Labute approximate surface area is 115 Å². The number of nitrogens with one attached hydrogen (secondary N) is 2. The van der Waals surface area contributed by atoms with Gasteiger partial charge in [-0.25, -0.2) is 4.98 Å². The van der Waals surface area contributed by atoms with E-state index in [1.165, 1.54) is 12.1 Å². The number of aromatic amines is 1. The van der Waals surface area contributed by atoms with Gasteiger partial charge in [0, 0.05) is 37.0 Å². The molecule has 0 atom stereocenters. The molecule has 0 radical (unpaired) electrons. The van der Waals surface area contributed by atoms with Crippen LogP contribution in [0.3, 0.4) is 0 Å². The van der Waals surface area contributed by atoms with Crippen LogP contribution < -0.4 is 5.32 Å². The number of nitro benzene ring substituents is 1. The lowest BCUT2D eigenvalue weighted by Gasteiger charge is -2.04. The fourth-order valence-corrected chi connectivity index (χ4v) is 1.79. The van der Waals surface area contributed by atoms with Gasteiger partial charge in [0.15, 0.2) is 0 Å². The molecular formula is C13H14N4O3. The van der Waals surface area contributed by atoms with E-state index in [1.807, 2.05) is 0 Å². The van der Waals surface area contributed by atoms with Gasteiger partial charge in [-0.3, -0.25) is 14.9 Å².